The number of hydrogen-bond acceptors (Lipinski definition) is 3. The summed E-state index contributed by atoms with van der Waals surface area (Å²) in [4.78, 5) is 11.1. The number of ether oxygens (including phenoxy) is 1. The molecular weight excluding hydrogens is 192 g/mol. The van der Waals surface area contributed by atoms with Gasteiger partial charge >= 0.3 is 0 Å². The molecule has 0 bridgehead atoms. The van der Waals surface area contributed by atoms with Crippen LogP contribution in [-0.4, -0.2) is 12.5 Å². The molecule has 0 atom stereocenters. The standard InChI is InChI=1S/C11H12N2O2/c1-2-15-10-5-3-9(4-6-10)7-11(14)13-8-12/h3-6H,2,7H2,1H3,(H,13,14). The average Bonchev–Trinajstić information content (AvgIpc) is 2.22. The smallest absolute Gasteiger partial charge is 0.237 e. The fourth-order valence-electron chi connectivity index (χ4n) is 1.16. The third-order valence-corrected chi connectivity index (χ3v) is 1.79. The van der Waals surface area contributed by atoms with Gasteiger partial charge in [0, 0.05) is 0 Å². The number of amides is 1. The van der Waals surface area contributed by atoms with Crippen molar-refractivity contribution in [3.05, 3.63) is 29.8 Å². The maximum absolute atomic E-state index is 11.1. The SMILES string of the molecule is CCOc1ccc(CC(=O)NC#N)cc1. The number of benzene rings is 1. The van der Waals surface area contributed by atoms with Crippen molar-refractivity contribution in [1.82, 2.24) is 5.32 Å². The van der Waals surface area contributed by atoms with Crippen LogP contribution in [0.15, 0.2) is 24.3 Å². The van der Waals surface area contributed by atoms with E-state index in [1.807, 2.05) is 19.1 Å². The Morgan fingerprint density at radius 2 is 2.13 bits per heavy atom. The minimum absolute atomic E-state index is 0.208. The lowest BCUT2D eigenvalue weighted by Crippen LogP contribution is -2.19. The number of nitriles is 1. The van der Waals surface area contributed by atoms with Crippen LogP contribution in [-0.2, 0) is 11.2 Å². The first kappa shape index (κ1) is 11.1. The highest BCUT2D eigenvalue weighted by molar-refractivity contribution is 5.79. The summed E-state index contributed by atoms with van der Waals surface area (Å²) in [6.07, 6.45) is 1.80. The molecule has 0 saturated heterocycles. The fourth-order valence-corrected chi connectivity index (χ4v) is 1.16. The summed E-state index contributed by atoms with van der Waals surface area (Å²) in [5.74, 6) is 0.476. The van der Waals surface area contributed by atoms with E-state index < -0.39 is 0 Å². The van der Waals surface area contributed by atoms with E-state index in [2.05, 4.69) is 5.32 Å². The molecule has 1 N–H and O–H groups in total. The molecule has 0 fully saturated rings. The van der Waals surface area contributed by atoms with Gasteiger partial charge in [0.25, 0.3) is 0 Å². The van der Waals surface area contributed by atoms with Crippen molar-refractivity contribution >= 4 is 5.91 Å². The van der Waals surface area contributed by atoms with E-state index in [9.17, 15) is 4.79 Å². The van der Waals surface area contributed by atoms with Crippen molar-refractivity contribution in [2.75, 3.05) is 6.61 Å². The molecule has 0 radical (unpaired) electrons. The molecule has 0 spiro atoms. The van der Waals surface area contributed by atoms with Crippen LogP contribution in [0.25, 0.3) is 0 Å². The Morgan fingerprint density at radius 1 is 1.47 bits per heavy atom. The van der Waals surface area contributed by atoms with Crippen LogP contribution in [0.3, 0.4) is 0 Å². The summed E-state index contributed by atoms with van der Waals surface area (Å²) in [6, 6.07) is 7.22. The Hall–Kier alpha value is -2.02. The van der Waals surface area contributed by atoms with Crippen LogP contribution in [0.4, 0.5) is 0 Å². The van der Waals surface area contributed by atoms with Crippen LogP contribution >= 0.6 is 0 Å². The average molecular weight is 204 g/mol. The number of nitrogens with one attached hydrogen (secondary N) is 1. The number of carbonyl (C=O) groups excluding carboxylic acids is 1. The molecular formula is C11H12N2O2. The van der Waals surface area contributed by atoms with Crippen molar-refractivity contribution in [1.29, 1.82) is 5.26 Å². The predicted molar refractivity (Wildman–Crippen MR) is 55.1 cm³/mol. The molecule has 0 saturated carbocycles. The zero-order chi connectivity index (χ0) is 11.1. The maximum Gasteiger partial charge on any atom is 0.237 e. The van der Waals surface area contributed by atoms with Gasteiger partial charge in [-0.2, -0.15) is 5.26 Å². The van der Waals surface area contributed by atoms with E-state index in [0.717, 1.165) is 11.3 Å². The fraction of sp³-hybridized carbons (Fsp3) is 0.273. The molecule has 78 valence electrons. The van der Waals surface area contributed by atoms with E-state index in [4.69, 9.17) is 10.00 Å². The van der Waals surface area contributed by atoms with Crippen LogP contribution < -0.4 is 10.1 Å². The largest absolute Gasteiger partial charge is 0.494 e. The van der Waals surface area contributed by atoms with Gasteiger partial charge in [0.05, 0.1) is 13.0 Å². The normalized spacial score (nSPS) is 9.07. The number of carbonyl (C=O) groups is 1. The summed E-state index contributed by atoms with van der Waals surface area (Å²) in [7, 11) is 0. The lowest BCUT2D eigenvalue weighted by Gasteiger charge is -2.03. The molecule has 1 aromatic carbocycles. The maximum atomic E-state index is 11.1. The van der Waals surface area contributed by atoms with Gasteiger partial charge in [-0.3, -0.25) is 10.1 Å². The molecule has 0 heterocycles. The van der Waals surface area contributed by atoms with Gasteiger partial charge in [0.1, 0.15) is 5.75 Å². The van der Waals surface area contributed by atoms with E-state index in [1.165, 1.54) is 0 Å². The number of nitrogens with zero attached hydrogens (tertiary/aromatic N) is 1. The molecule has 0 aliphatic rings. The first-order chi connectivity index (χ1) is 7.26. The third kappa shape index (κ3) is 3.69. The van der Waals surface area contributed by atoms with Gasteiger partial charge in [-0.25, -0.2) is 0 Å². The molecule has 0 unspecified atom stereocenters. The second-order valence-corrected chi connectivity index (χ2v) is 2.91. The van der Waals surface area contributed by atoms with Crippen molar-refractivity contribution < 1.29 is 9.53 Å². The van der Waals surface area contributed by atoms with Gasteiger partial charge in [-0.1, -0.05) is 12.1 Å². The number of hydrogen-bond donors (Lipinski definition) is 1. The van der Waals surface area contributed by atoms with Crippen molar-refractivity contribution in [2.24, 2.45) is 0 Å². The van der Waals surface area contributed by atoms with E-state index in [-0.39, 0.29) is 12.3 Å². The Morgan fingerprint density at radius 3 is 2.67 bits per heavy atom. The van der Waals surface area contributed by atoms with Gasteiger partial charge in [-0.15, -0.1) is 0 Å². The Balaban J connectivity index is 2.57. The quantitative estimate of drug-likeness (QED) is 0.592. The Kier molecular flexibility index (Phi) is 4.17. The van der Waals surface area contributed by atoms with Gasteiger partial charge in [0.2, 0.25) is 5.91 Å². The zero-order valence-electron chi connectivity index (χ0n) is 8.49. The number of rotatable bonds is 4. The lowest BCUT2D eigenvalue weighted by atomic mass is 10.1. The van der Waals surface area contributed by atoms with E-state index in [0.29, 0.717) is 6.61 Å². The summed E-state index contributed by atoms with van der Waals surface area (Å²) >= 11 is 0. The molecule has 1 rings (SSSR count). The highest BCUT2D eigenvalue weighted by Crippen LogP contribution is 2.12. The summed E-state index contributed by atoms with van der Waals surface area (Å²) in [5, 5.41) is 10.3. The highest BCUT2D eigenvalue weighted by atomic mass is 16.5. The van der Waals surface area contributed by atoms with Gasteiger partial charge in [-0.05, 0) is 24.6 Å². The molecule has 0 aliphatic heterocycles. The molecule has 1 aromatic rings. The van der Waals surface area contributed by atoms with Crippen molar-refractivity contribution in [3.8, 4) is 11.9 Å². The van der Waals surface area contributed by atoms with E-state index in [1.54, 1.807) is 18.3 Å². The summed E-state index contributed by atoms with van der Waals surface area (Å²) in [5.41, 5.74) is 0.853. The first-order valence-electron chi connectivity index (χ1n) is 4.66. The predicted octanol–water partition coefficient (Wildman–Crippen LogP) is 1.23. The van der Waals surface area contributed by atoms with Gasteiger partial charge in [0.15, 0.2) is 6.19 Å². The third-order valence-electron chi connectivity index (χ3n) is 1.79. The molecule has 4 heteroatoms. The van der Waals surface area contributed by atoms with Crippen LogP contribution in [0.5, 0.6) is 5.75 Å². The molecule has 0 aromatic heterocycles. The topological polar surface area (TPSA) is 62.1 Å². The monoisotopic (exact) mass is 204 g/mol. The minimum Gasteiger partial charge on any atom is -0.494 e. The van der Waals surface area contributed by atoms with Crippen LogP contribution in [0.2, 0.25) is 0 Å². The second kappa shape index (κ2) is 5.66. The van der Waals surface area contributed by atoms with Crippen LogP contribution in [0, 0.1) is 11.5 Å². The molecule has 0 aliphatic carbocycles. The Bertz CT molecular complexity index is 365. The van der Waals surface area contributed by atoms with Crippen molar-refractivity contribution in [3.63, 3.8) is 0 Å². The Labute approximate surface area is 88.5 Å². The summed E-state index contributed by atoms with van der Waals surface area (Å²) < 4.78 is 5.26. The van der Waals surface area contributed by atoms with Crippen LogP contribution in [0.1, 0.15) is 12.5 Å². The van der Waals surface area contributed by atoms with Gasteiger partial charge < -0.3 is 4.74 Å². The minimum atomic E-state index is -0.304. The van der Waals surface area contributed by atoms with E-state index >= 15 is 0 Å². The first-order valence-corrected chi connectivity index (χ1v) is 4.66. The zero-order valence-corrected chi connectivity index (χ0v) is 8.49. The molecule has 4 nitrogen and oxygen atoms in total. The molecule has 1 amide bonds. The highest BCUT2D eigenvalue weighted by Gasteiger charge is 2.02. The second-order valence-electron chi connectivity index (χ2n) is 2.91. The lowest BCUT2D eigenvalue weighted by molar-refractivity contribution is -0.119. The van der Waals surface area contributed by atoms with Crippen molar-refractivity contribution in [2.45, 2.75) is 13.3 Å². The molecule has 15 heavy (non-hydrogen) atoms. The summed E-state index contributed by atoms with van der Waals surface area (Å²) in [6.45, 7) is 2.53.